The molecule has 1 aromatic heterocycles. The standard InChI is InChI=1S/C16H11N3O3/c20-10-8-16(9-10,15-17-6-3-7-18-15)19-13(21)11-4-1-2-5-12(11)14(19)22/h1-7H,8-9H2. The van der Waals surface area contributed by atoms with Gasteiger partial charge >= 0.3 is 0 Å². The van der Waals surface area contributed by atoms with E-state index < -0.39 is 5.54 Å². The minimum atomic E-state index is -1.05. The average molecular weight is 293 g/mol. The Hall–Kier alpha value is -2.89. The molecule has 1 aliphatic heterocycles. The number of Topliss-reactive ketones (excluding diaryl/α,β-unsaturated/α-hetero) is 1. The van der Waals surface area contributed by atoms with E-state index in [0.717, 1.165) is 4.90 Å². The smallest absolute Gasteiger partial charge is 0.262 e. The predicted octanol–water partition coefficient (Wildman–Crippen LogP) is 1.33. The second-order valence-corrected chi connectivity index (χ2v) is 5.49. The molecule has 0 N–H and O–H groups in total. The van der Waals surface area contributed by atoms with E-state index in [-0.39, 0.29) is 30.4 Å². The molecule has 2 aromatic rings. The monoisotopic (exact) mass is 293 g/mol. The van der Waals surface area contributed by atoms with Crippen molar-refractivity contribution in [1.82, 2.24) is 14.9 Å². The minimum Gasteiger partial charge on any atom is -0.299 e. The molecular formula is C16H11N3O3. The minimum absolute atomic E-state index is 0.0102. The van der Waals surface area contributed by atoms with Crippen molar-refractivity contribution in [1.29, 1.82) is 0 Å². The van der Waals surface area contributed by atoms with E-state index in [9.17, 15) is 14.4 Å². The lowest BCUT2D eigenvalue weighted by Gasteiger charge is -2.44. The van der Waals surface area contributed by atoms with E-state index in [1.54, 1.807) is 42.7 Å². The topological polar surface area (TPSA) is 80.2 Å². The van der Waals surface area contributed by atoms with Crippen LogP contribution in [-0.4, -0.2) is 32.5 Å². The zero-order valence-electron chi connectivity index (χ0n) is 11.5. The number of aromatic nitrogens is 2. The molecule has 0 unspecified atom stereocenters. The molecule has 2 heterocycles. The van der Waals surface area contributed by atoms with Crippen LogP contribution in [0.4, 0.5) is 0 Å². The van der Waals surface area contributed by atoms with Gasteiger partial charge in [-0.1, -0.05) is 12.1 Å². The second-order valence-electron chi connectivity index (χ2n) is 5.49. The van der Waals surface area contributed by atoms with Crippen molar-refractivity contribution in [2.24, 2.45) is 0 Å². The number of carbonyl (C=O) groups is 3. The van der Waals surface area contributed by atoms with Gasteiger partial charge in [0.05, 0.1) is 11.1 Å². The molecule has 4 rings (SSSR count). The van der Waals surface area contributed by atoms with E-state index in [2.05, 4.69) is 9.97 Å². The van der Waals surface area contributed by atoms with Gasteiger partial charge in [0.2, 0.25) is 0 Å². The molecule has 22 heavy (non-hydrogen) atoms. The maximum Gasteiger partial charge on any atom is 0.262 e. The van der Waals surface area contributed by atoms with Gasteiger partial charge in [-0.2, -0.15) is 0 Å². The first-order valence-corrected chi connectivity index (χ1v) is 6.91. The third kappa shape index (κ3) is 1.52. The molecule has 6 nitrogen and oxygen atoms in total. The van der Waals surface area contributed by atoms with Crippen molar-refractivity contribution in [3.63, 3.8) is 0 Å². The first kappa shape index (κ1) is 12.8. The maximum atomic E-state index is 12.7. The summed E-state index contributed by atoms with van der Waals surface area (Å²) < 4.78 is 0. The third-order valence-electron chi connectivity index (χ3n) is 4.18. The lowest BCUT2D eigenvalue weighted by Crippen LogP contribution is -2.58. The number of imide groups is 1. The molecule has 0 saturated heterocycles. The summed E-state index contributed by atoms with van der Waals surface area (Å²) in [7, 11) is 0. The van der Waals surface area contributed by atoms with Crippen LogP contribution in [0.15, 0.2) is 42.7 Å². The van der Waals surface area contributed by atoms with Crippen LogP contribution in [0.1, 0.15) is 39.4 Å². The molecule has 1 aliphatic carbocycles. The molecule has 0 radical (unpaired) electrons. The zero-order chi connectivity index (χ0) is 15.3. The quantitative estimate of drug-likeness (QED) is 0.780. The highest BCUT2D eigenvalue weighted by molar-refractivity contribution is 6.22. The van der Waals surface area contributed by atoms with E-state index in [1.807, 2.05) is 0 Å². The Kier molecular flexibility index (Phi) is 2.51. The number of hydrogen-bond acceptors (Lipinski definition) is 5. The number of ketones is 1. The second kappa shape index (κ2) is 4.30. The fourth-order valence-corrected chi connectivity index (χ4v) is 3.13. The van der Waals surface area contributed by atoms with Crippen molar-refractivity contribution in [2.45, 2.75) is 18.4 Å². The highest BCUT2D eigenvalue weighted by Crippen LogP contribution is 2.46. The Morgan fingerprint density at radius 3 is 1.91 bits per heavy atom. The first-order valence-electron chi connectivity index (χ1n) is 6.91. The molecule has 108 valence electrons. The lowest BCUT2D eigenvalue weighted by molar-refractivity contribution is -0.133. The summed E-state index contributed by atoms with van der Waals surface area (Å²) in [6.45, 7) is 0. The van der Waals surface area contributed by atoms with Gasteiger partial charge in [-0.15, -0.1) is 0 Å². The van der Waals surface area contributed by atoms with Crippen LogP contribution in [-0.2, 0) is 10.3 Å². The van der Waals surface area contributed by atoms with Crippen molar-refractivity contribution in [3.8, 4) is 0 Å². The van der Waals surface area contributed by atoms with Gasteiger partial charge in [0.15, 0.2) is 5.82 Å². The summed E-state index contributed by atoms with van der Waals surface area (Å²) in [4.78, 5) is 46.5. The summed E-state index contributed by atoms with van der Waals surface area (Å²) in [5.74, 6) is -0.450. The number of carbonyl (C=O) groups excluding carboxylic acids is 3. The van der Waals surface area contributed by atoms with Crippen LogP contribution in [0.25, 0.3) is 0 Å². The molecule has 1 aromatic carbocycles. The van der Waals surface area contributed by atoms with E-state index in [0.29, 0.717) is 17.0 Å². The maximum absolute atomic E-state index is 12.7. The van der Waals surface area contributed by atoms with Crippen molar-refractivity contribution >= 4 is 17.6 Å². The highest BCUT2D eigenvalue weighted by atomic mass is 16.2. The van der Waals surface area contributed by atoms with Gasteiger partial charge in [0, 0.05) is 25.2 Å². The number of rotatable bonds is 2. The molecular weight excluding hydrogens is 282 g/mol. The Morgan fingerprint density at radius 1 is 0.864 bits per heavy atom. The third-order valence-corrected chi connectivity index (χ3v) is 4.18. The van der Waals surface area contributed by atoms with Crippen LogP contribution >= 0.6 is 0 Å². The van der Waals surface area contributed by atoms with E-state index in [4.69, 9.17) is 0 Å². The van der Waals surface area contributed by atoms with Gasteiger partial charge in [0.1, 0.15) is 11.3 Å². The molecule has 6 heteroatoms. The number of hydrogen-bond donors (Lipinski definition) is 0. The van der Waals surface area contributed by atoms with Gasteiger partial charge in [-0.25, -0.2) is 9.97 Å². The Bertz CT molecular complexity index is 773. The molecule has 0 spiro atoms. The zero-order valence-corrected chi connectivity index (χ0v) is 11.5. The van der Waals surface area contributed by atoms with Gasteiger partial charge in [-0.05, 0) is 18.2 Å². The SMILES string of the molecule is O=C1CC(c2ncccn2)(N2C(=O)c3ccccc3C2=O)C1. The predicted molar refractivity (Wildman–Crippen MR) is 74.9 cm³/mol. The van der Waals surface area contributed by atoms with Crippen LogP contribution in [0.3, 0.4) is 0 Å². The average Bonchev–Trinajstić information content (AvgIpc) is 2.77. The first-order chi connectivity index (χ1) is 10.6. The van der Waals surface area contributed by atoms with E-state index in [1.165, 1.54) is 0 Å². The molecule has 1 saturated carbocycles. The molecule has 0 bridgehead atoms. The summed E-state index contributed by atoms with van der Waals surface area (Å²) in [5, 5.41) is 0. The summed E-state index contributed by atoms with van der Waals surface area (Å²) >= 11 is 0. The Morgan fingerprint density at radius 2 is 1.41 bits per heavy atom. The fourth-order valence-electron chi connectivity index (χ4n) is 3.13. The highest BCUT2D eigenvalue weighted by Gasteiger charge is 2.58. The fraction of sp³-hybridized carbons (Fsp3) is 0.188. The largest absolute Gasteiger partial charge is 0.299 e. The summed E-state index contributed by atoms with van der Waals surface area (Å²) in [6.07, 6.45) is 3.24. The molecule has 2 amide bonds. The Labute approximate surface area is 125 Å². The number of fused-ring (bicyclic) bond motifs is 1. The van der Waals surface area contributed by atoms with Crippen molar-refractivity contribution in [3.05, 3.63) is 59.7 Å². The summed E-state index contributed by atoms with van der Waals surface area (Å²) in [5.41, 5.74) is -0.324. The molecule has 0 atom stereocenters. The number of nitrogens with zero attached hydrogens (tertiary/aromatic N) is 3. The van der Waals surface area contributed by atoms with Gasteiger partial charge < -0.3 is 0 Å². The number of benzene rings is 1. The van der Waals surface area contributed by atoms with E-state index >= 15 is 0 Å². The van der Waals surface area contributed by atoms with Crippen molar-refractivity contribution < 1.29 is 14.4 Å². The van der Waals surface area contributed by atoms with Gasteiger partial charge in [0.25, 0.3) is 11.8 Å². The molecule has 1 fully saturated rings. The van der Waals surface area contributed by atoms with Crippen LogP contribution in [0.5, 0.6) is 0 Å². The molecule has 2 aliphatic rings. The van der Waals surface area contributed by atoms with Crippen LogP contribution in [0.2, 0.25) is 0 Å². The summed E-state index contributed by atoms with van der Waals surface area (Å²) in [6, 6.07) is 8.32. The number of amides is 2. The van der Waals surface area contributed by atoms with Crippen LogP contribution in [0, 0.1) is 0 Å². The van der Waals surface area contributed by atoms with Crippen LogP contribution < -0.4 is 0 Å². The normalized spacial score (nSPS) is 19.1. The Balaban J connectivity index is 1.85. The lowest BCUT2D eigenvalue weighted by atomic mass is 9.73. The van der Waals surface area contributed by atoms with Crippen molar-refractivity contribution in [2.75, 3.05) is 0 Å². The van der Waals surface area contributed by atoms with Gasteiger partial charge in [-0.3, -0.25) is 19.3 Å².